The highest BCUT2D eigenvalue weighted by atomic mass is 79.9. The normalized spacial score (nSPS) is 11.1. The molecule has 1 aromatic carbocycles. The minimum atomic E-state index is -0.911. The Kier molecular flexibility index (Phi) is 7.45. The molecule has 10 heteroatoms. The molecule has 1 unspecified atom stereocenters. The number of benzene rings is 1. The Balaban J connectivity index is 2.70. The van der Waals surface area contributed by atoms with Crippen LogP contribution in [0.15, 0.2) is 21.4 Å². The number of nitrogen functional groups attached to an aromatic ring is 1. The molecule has 0 aliphatic rings. The number of nitrogens with zero attached hydrogens (tertiary/aromatic N) is 2. The van der Waals surface area contributed by atoms with Gasteiger partial charge in [-0.1, -0.05) is 0 Å². The Morgan fingerprint density at radius 3 is 2.47 bits per heavy atom. The number of aromatic nitrogens is 1. The average Bonchev–Trinajstić information content (AvgIpc) is 2.70. The molecule has 2 aromatic rings. The third kappa shape index (κ3) is 4.56. The van der Waals surface area contributed by atoms with Crippen molar-refractivity contribution in [1.29, 1.82) is 10.5 Å². The standard InChI is InChI=1S/C20H19BrN4O5/c1-4-28-15-7-11(6-14(21)17(15)30-10(3)20(27)29-5-2)16-12(8-22)18(24)25-19(26)13(16)9-23/h6-7,10H,4-5H2,1-3H3,(H3,24,25,26). The van der Waals surface area contributed by atoms with Gasteiger partial charge in [0.25, 0.3) is 5.56 Å². The van der Waals surface area contributed by atoms with Gasteiger partial charge in [0.05, 0.1) is 17.7 Å². The fourth-order valence-corrected chi connectivity index (χ4v) is 3.24. The minimum Gasteiger partial charge on any atom is -0.490 e. The van der Waals surface area contributed by atoms with E-state index in [-0.39, 0.29) is 47.2 Å². The Bertz CT molecular complexity index is 1110. The van der Waals surface area contributed by atoms with Crippen molar-refractivity contribution in [3.63, 3.8) is 0 Å². The van der Waals surface area contributed by atoms with Gasteiger partial charge in [-0.3, -0.25) is 4.79 Å². The van der Waals surface area contributed by atoms with Gasteiger partial charge in [0.2, 0.25) is 0 Å². The van der Waals surface area contributed by atoms with Crippen LogP contribution in [-0.4, -0.2) is 30.3 Å². The lowest BCUT2D eigenvalue weighted by Gasteiger charge is -2.19. The number of carbonyl (C=O) groups excluding carboxylic acids is 1. The SMILES string of the molecule is CCOC(=O)C(C)Oc1c(Br)cc(-c2c(C#N)c(N)[nH]c(=O)c2C#N)cc1OCC. The highest BCUT2D eigenvalue weighted by Crippen LogP contribution is 2.42. The Morgan fingerprint density at radius 1 is 1.23 bits per heavy atom. The lowest BCUT2D eigenvalue weighted by molar-refractivity contribution is -0.150. The van der Waals surface area contributed by atoms with Crippen LogP contribution in [0.2, 0.25) is 0 Å². The number of ether oxygens (including phenoxy) is 3. The number of esters is 1. The van der Waals surface area contributed by atoms with Crippen LogP contribution < -0.4 is 20.8 Å². The molecule has 0 fully saturated rings. The molecule has 0 aliphatic heterocycles. The molecular formula is C20H19BrN4O5. The fraction of sp³-hybridized carbons (Fsp3) is 0.300. The van der Waals surface area contributed by atoms with Gasteiger partial charge in [0, 0.05) is 5.56 Å². The zero-order chi connectivity index (χ0) is 22.4. The predicted octanol–water partition coefficient (Wildman–Crippen LogP) is 2.86. The molecule has 156 valence electrons. The molecular weight excluding hydrogens is 456 g/mol. The van der Waals surface area contributed by atoms with E-state index in [9.17, 15) is 20.1 Å². The lowest BCUT2D eigenvalue weighted by atomic mass is 9.96. The average molecular weight is 475 g/mol. The zero-order valence-electron chi connectivity index (χ0n) is 16.5. The van der Waals surface area contributed by atoms with Crippen LogP contribution in [0.3, 0.4) is 0 Å². The Morgan fingerprint density at radius 2 is 1.90 bits per heavy atom. The molecule has 0 aliphatic carbocycles. The predicted molar refractivity (Wildman–Crippen MR) is 112 cm³/mol. The first-order valence-corrected chi connectivity index (χ1v) is 9.74. The van der Waals surface area contributed by atoms with Crippen molar-refractivity contribution in [2.45, 2.75) is 26.9 Å². The number of nitrogens with one attached hydrogen (secondary N) is 1. The van der Waals surface area contributed by atoms with E-state index in [4.69, 9.17) is 19.9 Å². The minimum absolute atomic E-state index is 0.0472. The molecule has 3 N–H and O–H groups in total. The van der Waals surface area contributed by atoms with Crippen LogP contribution in [0.25, 0.3) is 11.1 Å². The van der Waals surface area contributed by atoms with E-state index in [2.05, 4.69) is 20.9 Å². The summed E-state index contributed by atoms with van der Waals surface area (Å²) in [5.41, 5.74) is 5.18. The van der Waals surface area contributed by atoms with E-state index < -0.39 is 17.6 Å². The molecule has 0 bridgehead atoms. The molecule has 9 nitrogen and oxygen atoms in total. The number of nitrogens with two attached hydrogens (primary N) is 1. The summed E-state index contributed by atoms with van der Waals surface area (Å²) < 4.78 is 16.7. The van der Waals surface area contributed by atoms with E-state index in [1.165, 1.54) is 13.0 Å². The summed E-state index contributed by atoms with van der Waals surface area (Å²) >= 11 is 3.37. The lowest BCUT2D eigenvalue weighted by Crippen LogP contribution is -2.26. The van der Waals surface area contributed by atoms with E-state index in [0.29, 0.717) is 10.0 Å². The molecule has 0 spiro atoms. The Labute approximate surface area is 181 Å². The number of H-pyrrole nitrogens is 1. The molecule has 0 saturated heterocycles. The fourth-order valence-electron chi connectivity index (χ4n) is 2.71. The first-order valence-electron chi connectivity index (χ1n) is 8.94. The number of rotatable bonds is 7. The van der Waals surface area contributed by atoms with Gasteiger partial charge in [-0.25, -0.2) is 4.79 Å². The maximum absolute atomic E-state index is 12.2. The van der Waals surface area contributed by atoms with Crippen molar-refractivity contribution in [3.8, 4) is 34.8 Å². The number of nitriles is 2. The van der Waals surface area contributed by atoms with Crippen LogP contribution in [0.5, 0.6) is 11.5 Å². The van der Waals surface area contributed by atoms with Crippen molar-refractivity contribution >= 4 is 27.7 Å². The van der Waals surface area contributed by atoms with Crippen molar-refractivity contribution in [2.24, 2.45) is 0 Å². The molecule has 0 saturated carbocycles. The van der Waals surface area contributed by atoms with Crippen molar-refractivity contribution in [3.05, 3.63) is 38.1 Å². The molecule has 30 heavy (non-hydrogen) atoms. The second-order valence-electron chi connectivity index (χ2n) is 5.95. The van der Waals surface area contributed by atoms with Crippen LogP contribution in [0, 0.1) is 22.7 Å². The number of hydrogen-bond acceptors (Lipinski definition) is 8. The van der Waals surface area contributed by atoms with E-state index in [1.54, 1.807) is 19.9 Å². The van der Waals surface area contributed by atoms with Crippen molar-refractivity contribution < 1.29 is 19.0 Å². The van der Waals surface area contributed by atoms with Gasteiger partial charge >= 0.3 is 5.97 Å². The number of pyridine rings is 1. The molecule has 1 atom stereocenters. The number of carbonyl (C=O) groups is 1. The first-order chi connectivity index (χ1) is 14.3. The third-order valence-corrected chi connectivity index (χ3v) is 4.57. The first kappa shape index (κ1) is 22.8. The van der Waals surface area contributed by atoms with Crippen molar-refractivity contribution in [1.82, 2.24) is 4.98 Å². The van der Waals surface area contributed by atoms with E-state index in [1.807, 2.05) is 12.1 Å². The summed E-state index contributed by atoms with van der Waals surface area (Å²) in [6.45, 7) is 5.46. The number of aromatic amines is 1. The molecule has 0 radical (unpaired) electrons. The summed E-state index contributed by atoms with van der Waals surface area (Å²) in [5.74, 6) is -0.223. The molecule has 2 rings (SSSR count). The molecule has 1 heterocycles. The highest BCUT2D eigenvalue weighted by Gasteiger charge is 2.24. The third-order valence-electron chi connectivity index (χ3n) is 3.98. The van der Waals surface area contributed by atoms with Gasteiger partial charge < -0.3 is 24.9 Å². The topological polar surface area (TPSA) is 151 Å². The monoisotopic (exact) mass is 474 g/mol. The number of hydrogen-bond donors (Lipinski definition) is 2. The largest absolute Gasteiger partial charge is 0.490 e. The summed E-state index contributed by atoms with van der Waals surface area (Å²) in [4.78, 5) is 26.4. The molecule has 0 amide bonds. The second kappa shape index (κ2) is 9.81. The Hall–Kier alpha value is -3.50. The van der Waals surface area contributed by atoms with E-state index >= 15 is 0 Å². The van der Waals surface area contributed by atoms with Gasteiger partial charge in [0.1, 0.15) is 29.1 Å². The summed E-state index contributed by atoms with van der Waals surface area (Å²) in [5, 5.41) is 19.0. The van der Waals surface area contributed by atoms with Gasteiger partial charge in [-0.15, -0.1) is 0 Å². The summed E-state index contributed by atoms with van der Waals surface area (Å²) in [6.07, 6.45) is -0.911. The summed E-state index contributed by atoms with van der Waals surface area (Å²) in [6, 6.07) is 6.79. The van der Waals surface area contributed by atoms with Crippen LogP contribution in [-0.2, 0) is 9.53 Å². The molecule has 1 aromatic heterocycles. The van der Waals surface area contributed by atoms with Crippen molar-refractivity contribution in [2.75, 3.05) is 18.9 Å². The maximum Gasteiger partial charge on any atom is 0.347 e. The van der Waals surface area contributed by atoms with Crippen LogP contribution >= 0.6 is 15.9 Å². The number of halogens is 1. The van der Waals surface area contributed by atoms with Gasteiger partial charge in [0.15, 0.2) is 17.6 Å². The van der Waals surface area contributed by atoms with Gasteiger partial charge in [-0.05, 0) is 54.4 Å². The second-order valence-corrected chi connectivity index (χ2v) is 6.80. The van der Waals surface area contributed by atoms with Crippen LogP contribution in [0.1, 0.15) is 31.9 Å². The zero-order valence-corrected chi connectivity index (χ0v) is 18.1. The maximum atomic E-state index is 12.2. The highest BCUT2D eigenvalue weighted by molar-refractivity contribution is 9.10. The summed E-state index contributed by atoms with van der Waals surface area (Å²) in [7, 11) is 0. The quantitative estimate of drug-likeness (QED) is 0.580. The number of anilines is 1. The smallest absolute Gasteiger partial charge is 0.347 e. The van der Waals surface area contributed by atoms with E-state index in [0.717, 1.165) is 0 Å². The van der Waals surface area contributed by atoms with Gasteiger partial charge in [-0.2, -0.15) is 10.5 Å². The van der Waals surface area contributed by atoms with Crippen LogP contribution in [0.4, 0.5) is 5.82 Å².